The summed E-state index contributed by atoms with van der Waals surface area (Å²) in [7, 11) is 2.18. The summed E-state index contributed by atoms with van der Waals surface area (Å²) in [5, 5.41) is 0. The molecule has 0 atom stereocenters. The SMILES string of the molecule is CN1CCN(c2ccc(-c3cc([CH]=[Co])ccn3)cc2)CC1. The Morgan fingerprint density at radius 2 is 1.76 bits per heavy atom. The molecule has 0 saturated carbocycles. The van der Waals surface area contributed by atoms with E-state index in [-0.39, 0.29) is 0 Å². The number of nitrogens with zero attached hydrogens (tertiary/aromatic N) is 3. The minimum absolute atomic E-state index is 0.988. The number of rotatable bonds is 3. The van der Waals surface area contributed by atoms with Crippen LogP contribution in [0.5, 0.6) is 0 Å². The van der Waals surface area contributed by atoms with Gasteiger partial charge >= 0.3 is 126 Å². The zero-order valence-corrected chi connectivity index (χ0v) is 13.2. The van der Waals surface area contributed by atoms with E-state index in [9.17, 15) is 0 Å². The molecule has 21 heavy (non-hydrogen) atoms. The van der Waals surface area contributed by atoms with Crippen molar-refractivity contribution in [2.24, 2.45) is 0 Å². The van der Waals surface area contributed by atoms with E-state index in [1.54, 1.807) is 4.96 Å². The Morgan fingerprint density at radius 3 is 2.43 bits per heavy atom. The maximum absolute atomic E-state index is 4.43. The molecule has 2 heterocycles. The van der Waals surface area contributed by atoms with Crippen LogP contribution in [0.4, 0.5) is 5.69 Å². The molecule has 0 spiro atoms. The Hall–Kier alpha value is -1.49. The van der Waals surface area contributed by atoms with Gasteiger partial charge < -0.3 is 0 Å². The van der Waals surface area contributed by atoms with Crippen molar-refractivity contribution in [2.75, 3.05) is 38.1 Å². The molecule has 0 N–H and O–H groups in total. The van der Waals surface area contributed by atoms with E-state index in [0.29, 0.717) is 0 Å². The van der Waals surface area contributed by atoms with Crippen LogP contribution in [0.15, 0.2) is 42.6 Å². The molecule has 0 radical (unpaired) electrons. The molecular weight excluding hydrogens is 305 g/mol. The first-order valence-corrected chi connectivity index (χ1v) is 7.77. The summed E-state index contributed by atoms with van der Waals surface area (Å²) in [6.45, 7) is 4.45. The maximum atomic E-state index is 4.43. The van der Waals surface area contributed by atoms with E-state index in [1.165, 1.54) is 5.69 Å². The normalized spacial score (nSPS) is 16.0. The summed E-state index contributed by atoms with van der Waals surface area (Å²) in [6, 6.07) is 12.7. The van der Waals surface area contributed by atoms with E-state index < -0.39 is 0 Å². The first-order valence-electron chi connectivity index (χ1n) is 7.17. The van der Waals surface area contributed by atoms with Crippen LogP contribution in [0.2, 0.25) is 0 Å². The van der Waals surface area contributed by atoms with Gasteiger partial charge in [-0.1, -0.05) is 0 Å². The Kier molecular flexibility index (Phi) is 4.48. The predicted octanol–water partition coefficient (Wildman–Crippen LogP) is 2.20. The predicted molar refractivity (Wildman–Crippen MR) is 84.5 cm³/mol. The molecular formula is C17H19CoN3. The molecule has 0 aliphatic carbocycles. The number of piperazine rings is 1. The molecule has 1 fully saturated rings. The molecule has 3 rings (SSSR count). The molecule has 1 aromatic carbocycles. The number of anilines is 1. The molecule has 111 valence electrons. The molecule has 0 amide bonds. The van der Waals surface area contributed by atoms with Crippen LogP contribution in [-0.2, 0) is 15.3 Å². The van der Waals surface area contributed by atoms with Crippen LogP contribution < -0.4 is 4.90 Å². The van der Waals surface area contributed by atoms with E-state index >= 15 is 0 Å². The summed E-state index contributed by atoms with van der Waals surface area (Å²) >= 11 is 4.25. The third-order valence-corrected chi connectivity index (χ3v) is 4.27. The van der Waals surface area contributed by atoms with Crippen molar-refractivity contribution in [3.05, 3.63) is 48.2 Å². The summed E-state index contributed by atoms with van der Waals surface area (Å²) in [5.41, 5.74) is 4.50. The van der Waals surface area contributed by atoms with Crippen molar-refractivity contribution in [1.29, 1.82) is 0 Å². The van der Waals surface area contributed by atoms with Crippen molar-refractivity contribution in [3.63, 3.8) is 0 Å². The van der Waals surface area contributed by atoms with Gasteiger partial charge in [0.1, 0.15) is 0 Å². The second-order valence-corrected chi connectivity index (χ2v) is 5.71. The van der Waals surface area contributed by atoms with Gasteiger partial charge in [0.05, 0.1) is 0 Å². The number of aromatic nitrogens is 1. The number of likely N-dealkylation sites (N-methyl/N-ethyl adjacent to an activating group) is 1. The fourth-order valence-corrected chi connectivity index (χ4v) is 2.76. The fraction of sp³-hybridized carbons (Fsp3) is 0.294. The Morgan fingerprint density at radius 1 is 1.05 bits per heavy atom. The summed E-state index contributed by atoms with van der Waals surface area (Å²) in [6.07, 6.45) is 1.82. The first kappa shape index (κ1) is 14.4. The second-order valence-electron chi connectivity index (χ2n) is 5.41. The standard InChI is InChI=1S/C17H19N3.Co/c1-14-7-8-18-17(13-14)15-3-5-16(6-4-15)20-11-9-19(2)10-12-20;/h1,3-8,13H,9-12H2,2H3;. The van der Waals surface area contributed by atoms with Gasteiger partial charge in [-0.05, 0) is 7.05 Å². The Balaban J connectivity index is 1.78. The van der Waals surface area contributed by atoms with Gasteiger partial charge in [0.2, 0.25) is 0 Å². The molecule has 1 aliphatic rings. The van der Waals surface area contributed by atoms with Gasteiger partial charge in [0, 0.05) is 0 Å². The van der Waals surface area contributed by atoms with Crippen molar-refractivity contribution in [3.8, 4) is 11.3 Å². The molecule has 4 heteroatoms. The zero-order valence-electron chi connectivity index (χ0n) is 12.1. The van der Waals surface area contributed by atoms with Crippen molar-refractivity contribution < 1.29 is 15.3 Å². The van der Waals surface area contributed by atoms with E-state index in [4.69, 9.17) is 0 Å². The number of hydrogen-bond acceptors (Lipinski definition) is 3. The quantitative estimate of drug-likeness (QED) is 0.863. The van der Waals surface area contributed by atoms with Gasteiger partial charge in [-0.2, -0.15) is 0 Å². The zero-order chi connectivity index (χ0) is 14.7. The van der Waals surface area contributed by atoms with Gasteiger partial charge in [-0.3, -0.25) is 0 Å². The minimum atomic E-state index is 0.988. The Labute approximate surface area is 133 Å². The molecule has 1 saturated heterocycles. The van der Waals surface area contributed by atoms with Crippen molar-refractivity contribution >= 4 is 10.6 Å². The van der Waals surface area contributed by atoms with Gasteiger partial charge in [-0.15, -0.1) is 0 Å². The van der Waals surface area contributed by atoms with Crippen LogP contribution in [0, 0.1) is 0 Å². The molecule has 1 aliphatic heterocycles. The van der Waals surface area contributed by atoms with Gasteiger partial charge in [-0.25, -0.2) is 0 Å². The molecule has 0 bridgehead atoms. The van der Waals surface area contributed by atoms with Crippen molar-refractivity contribution in [2.45, 2.75) is 0 Å². The molecule has 0 unspecified atom stereocenters. The van der Waals surface area contributed by atoms with Crippen LogP contribution in [-0.4, -0.2) is 48.1 Å². The van der Waals surface area contributed by atoms with Crippen LogP contribution in [0.25, 0.3) is 11.3 Å². The monoisotopic (exact) mass is 324 g/mol. The summed E-state index contributed by atoms with van der Waals surface area (Å²) in [5.74, 6) is 0. The van der Waals surface area contributed by atoms with Crippen molar-refractivity contribution in [1.82, 2.24) is 9.88 Å². The average Bonchev–Trinajstić information content (AvgIpc) is 2.56. The fourth-order valence-electron chi connectivity index (χ4n) is 2.57. The summed E-state index contributed by atoms with van der Waals surface area (Å²) in [4.78, 5) is 11.0. The van der Waals surface area contributed by atoms with Gasteiger partial charge in [0.25, 0.3) is 0 Å². The third kappa shape index (κ3) is 3.40. The van der Waals surface area contributed by atoms with Crippen LogP contribution >= 0.6 is 0 Å². The van der Waals surface area contributed by atoms with Gasteiger partial charge in [0.15, 0.2) is 0 Å². The number of benzene rings is 1. The molecule has 3 nitrogen and oxygen atoms in total. The van der Waals surface area contributed by atoms with E-state index in [0.717, 1.165) is 43.0 Å². The first-order chi connectivity index (χ1) is 10.3. The van der Waals surface area contributed by atoms with Crippen LogP contribution in [0.3, 0.4) is 0 Å². The van der Waals surface area contributed by atoms with Crippen LogP contribution in [0.1, 0.15) is 5.56 Å². The second kappa shape index (κ2) is 6.51. The number of hydrogen-bond donors (Lipinski definition) is 0. The summed E-state index contributed by atoms with van der Waals surface area (Å²) < 4.78 is 0. The third-order valence-electron chi connectivity index (χ3n) is 3.93. The Bertz CT molecular complexity index is 616. The topological polar surface area (TPSA) is 19.4 Å². The van der Waals surface area contributed by atoms with E-state index in [2.05, 4.69) is 67.5 Å². The van der Waals surface area contributed by atoms with E-state index in [1.807, 2.05) is 12.3 Å². The molecule has 2 aromatic rings. The average molecular weight is 324 g/mol. The number of pyridine rings is 1. The molecule has 1 aromatic heterocycles.